The third kappa shape index (κ3) is 10.8. The molecular formula is C24H32O9. The zero-order valence-electron chi connectivity index (χ0n) is 19.0. The van der Waals surface area contributed by atoms with Crippen LogP contribution in [0.15, 0.2) is 60.7 Å². The average Bonchev–Trinajstić information content (AvgIpc) is 2.88. The normalized spacial score (nSPS) is 10.9. The molecule has 0 aliphatic carbocycles. The van der Waals surface area contributed by atoms with E-state index in [-0.39, 0.29) is 33.0 Å². The summed E-state index contributed by atoms with van der Waals surface area (Å²) in [5.74, 6) is -2.24. The first-order chi connectivity index (χ1) is 16.0. The molecule has 0 aliphatic heterocycles. The molecule has 2 aromatic rings. The Hall–Kier alpha value is -2.50. The predicted octanol–water partition coefficient (Wildman–Crippen LogP) is 1.72. The summed E-state index contributed by atoms with van der Waals surface area (Å²) in [5.41, 5.74) is 0.854. The Labute approximate surface area is 193 Å². The summed E-state index contributed by atoms with van der Waals surface area (Å²) in [6.07, 6.45) is 0. The van der Waals surface area contributed by atoms with Gasteiger partial charge in [-0.25, -0.2) is 0 Å². The number of rotatable bonds is 15. The van der Waals surface area contributed by atoms with Gasteiger partial charge in [-0.2, -0.15) is 0 Å². The Kier molecular flexibility index (Phi) is 14.7. The summed E-state index contributed by atoms with van der Waals surface area (Å²) >= 11 is 0. The highest BCUT2D eigenvalue weighted by Crippen LogP contribution is 2.13. The van der Waals surface area contributed by atoms with Crippen LogP contribution >= 0.6 is 0 Å². The Bertz CT molecular complexity index is 728. The SMILES string of the molecule is COC(COCCOCCO)(OC)OCCO.O=C(C(=O)c1ccccc1)c1ccccc1. The maximum Gasteiger partial charge on any atom is 0.307 e. The zero-order valence-corrected chi connectivity index (χ0v) is 19.0. The molecule has 0 heterocycles. The van der Waals surface area contributed by atoms with Gasteiger partial charge in [-0.15, -0.1) is 0 Å². The van der Waals surface area contributed by atoms with Crippen molar-refractivity contribution in [2.45, 2.75) is 5.97 Å². The van der Waals surface area contributed by atoms with Gasteiger partial charge >= 0.3 is 5.97 Å². The second kappa shape index (κ2) is 17.0. The number of ketones is 2. The fourth-order valence-corrected chi connectivity index (χ4v) is 2.48. The van der Waals surface area contributed by atoms with E-state index >= 15 is 0 Å². The number of aliphatic hydroxyl groups excluding tert-OH is 2. The first kappa shape index (κ1) is 28.5. The van der Waals surface area contributed by atoms with Crippen molar-refractivity contribution in [3.05, 3.63) is 71.8 Å². The third-order valence-corrected chi connectivity index (χ3v) is 4.20. The minimum atomic E-state index is -1.31. The molecule has 0 saturated carbocycles. The topological polar surface area (TPSA) is 121 Å². The largest absolute Gasteiger partial charge is 0.394 e. The van der Waals surface area contributed by atoms with Crippen LogP contribution in [0.3, 0.4) is 0 Å². The summed E-state index contributed by atoms with van der Waals surface area (Å²) in [6, 6.07) is 17.2. The average molecular weight is 465 g/mol. The first-order valence-electron chi connectivity index (χ1n) is 10.3. The van der Waals surface area contributed by atoms with Crippen LogP contribution in [0.2, 0.25) is 0 Å². The van der Waals surface area contributed by atoms with Crippen LogP contribution in [-0.2, 0) is 23.7 Å². The lowest BCUT2D eigenvalue weighted by Gasteiger charge is -2.29. The van der Waals surface area contributed by atoms with E-state index in [0.29, 0.717) is 24.3 Å². The second-order valence-corrected chi connectivity index (χ2v) is 6.44. The van der Waals surface area contributed by atoms with Crippen molar-refractivity contribution in [3.8, 4) is 0 Å². The maximum atomic E-state index is 11.8. The number of ether oxygens (including phenoxy) is 5. The van der Waals surface area contributed by atoms with Crippen molar-refractivity contribution in [2.75, 3.05) is 60.5 Å². The number of methoxy groups -OCH3 is 2. The lowest BCUT2D eigenvalue weighted by atomic mass is 10.0. The highest BCUT2D eigenvalue weighted by atomic mass is 16.9. The van der Waals surface area contributed by atoms with Gasteiger partial charge < -0.3 is 33.9 Å². The maximum absolute atomic E-state index is 11.8. The number of hydrogen-bond acceptors (Lipinski definition) is 9. The van der Waals surface area contributed by atoms with Crippen molar-refractivity contribution >= 4 is 11.6 Å². The summed E-state index contributed by atoms with van der Waals surface area (Å²) < 4.78 is 25.6. The number of carbonyl (C=O) groups excluding carboxylic acids is 2. The number of aliphatic hydroxyl groups is 2. The van der Waals surface area contributed by atoms with Crippen LogP contribution in [0.4, 0.5) is 0 Å². The van der Waals surface area contributed by atoms with E-state index < -0.39 is 17.5 Å². The highest BCUT2D eigenvalue weighted by molar-refractivity contribution is 6.49. The molecule has 182 valence electrons. The third-order valence-electron chi connectivity index (χ3n) is 4.20. The van der Waals surface area contributed by atoms with Crippen molar-refractivity contribution in [2.24, 2.45) is 0 Å². The minimum Gasteiger partial charge on any atom is -0.394 e. The van der Waals surface area contributed by atoms with Gasteiger partial charge in [-0.05, 0) is 0 Å². The van der Waals surface area contributed by atoms with E-state index in [4.69, 9.17) is 33.9 Å². The molecule has 0 atom stereocenters. The Balaban J connectivity index is 0.000000330. The Morgan fingerprint density at radius 3 is 1.58 bits per heavy atom. The van der Waals surface area contributed by atoms with Crippen LogP contribution < -0.4 is 0 Å². The van der Waals surface area contributed by atoms with Crippen molar-refractivity contribution in [3.63, 3.8) is 0 Å². The predicted molar refractivity (Wildman–Crippen MR) is 120 cm³/mol. The van der Waals surface area contributed by atoms with Gasteiger partial charge in [0.15, 0.2) is 0 Å². The molecule has 0 amide bonds. The molecule has 0 saturated heterocycles. The molecule has 0 spiro atoms. The van der Waals surface area contributed by atoms with Crippen LogP contribution in [0.5, 0.6) is 0 Å². The van der Waals surface area contributed by atoms with Gasteiger partial charge in [0, 0.05) is 25.3 Å². The molecule has 9 heteroatoms. The molecule has 0 bridgehead atoms. The van der Waals surface area contributed by atoms with Crippen molar-refractivity contribution < 1.29 is 43.5 Å². The fourth-order valence-electron chi connectivity index (χ4n) is 2.48. The molecule has 33 heavy (non-hydrogen) atoms. The number of benzene rings is 2. The quantitative estimate of drug-likeness (QED) is 0.176. The van der Waals surface area contributed by atoms with E-state index in [2.05, 4.69) is 0 Å². The molecule has 0 aromatic heterocycles. The Morgan fingerprint density at radius 1 is 0.697 bits per heavy atom. The summed E-state index contributed by atoms with van der Waals surface area (Å²) in [5, 5.41) is 17.1. The monoisotopic (exact) mass is 464 g/mol. The van der Waals surface area contributed by atoms with E-state index in [1.807, 2.05) is 12.1 Å². The molecule has 0 radical (unpaired) electrons. The molecule has 9 nitrogen and oxygen atoms in total. The minimum absolute atomic E-state index is 0.0142. The van der Waals surface area contributed by atoms with E-state index in [1.165, 1.54) is 14.2 Å². The number of Topliss-reactive ketones (excluding diaryl/α,β-unsaturated/α-hetero) is 2. The number of hydrogen-bond donors (Lipinski definition) is 2. The van der Waals surface area contributed by atoms with Gasteiger partial charge in [0.25, 0.3) is 0 Å². The molecule has 2 rings (SSSR count). The molecule has 0 unspecified atom stereocenters. The van der Waals surface area contributed by atoms with Crippen molar-refractivity contribution in [1.29, 1.82) is 0 Å². The van der Waals surface area contributed by atoms with Crippen LogP contribution in [0, 0.1) is 0 Å². The van der Waals surface area contributed by atoms with E-state index in [0.717, 1.165) is 0 Å². The van der Waals surface area contributed by atoms with Crippen LogP contribution in [-0.4, -0.2) is 88.2 Å². The van der Waals surface area contributed by atoms with Gasteiger partial charge in [0.1, 0.15) is 6.61 Å². The van der Waals surface area contributed by atoms with E-state index in [9.17, 15) is 9.59 Å². The highest BCUT2D eigenvalue weighted by Gasteiger charge is 2.31. The van der Waals surface area contributed by atoms with E-state index in [1.54, 1.807) is 48.5 Å². The zero-order chi connectivity index (χ0) is 24.4. The lowest BCUT2D eigenvalue weighted by molar-refractivity contribution is -0.378. The fraction of sp³-hybridized carbons (Fsp3) is 0.417. The van der Waals surface area contributed by atoms with Gasteiger partial charge in [0.05, 0.1) is 39.6 Å². The number of carbonyl (C=O) groups is 2. The molecule has 2 N–H and O–H groups in total. The molecule has 0 aliphatic rings. The summed E-state index contributed by atoms with van der Waals surface area (Å²) in [6.45, 7) is 0.980. The summed E-state index contributed by atoms with van der Waals surface area (Å²) in [4.78, 5) is 23.6. The molecule has 0 fully saturated rings. The van der Waals surface area contributed by atoms with Crippen LogP contribution in [0.1, 0.15) is 20.7 Å². The van der Waals surface area contributed by atoms with Crippen molar-refractivity contribution in [1.82, 2.24) is 0 Å². The van der Waals surface area contributed by atoms with Crippen LogP contribution in [0.25, 0.3) is 0 Å². The van der Waals surface area contributed by atoms with Gasteiger partial charge in [-0.1, -0.05) is 60.7 Å². The standard InChI is InChI=1S/C14H10O2.C10H22O7/c15-13(11-7-3-1-4-8-11)14(16)12-9-5-2-6-10-12;1-13-10(14-2,17-6-4-12)9-16-8-7-15-5-3-11/h1-10H;11-12H,3-9H2,1-2H3. The smallest absolute Gasteiger partial charge is 0.307 e. The second-order valence-electron chi connectivity index (χ2n) is 6.44. The van der Waals surface area contributed by atoms with Gasteiger partial charge in [0.2, 0.25) is 11.6 Å². The summed E-state index contributed by atoms with van der Waals surface area (Å²) in [7, 11) is 2.85. The van der Waals surface area contributed by atoms with Gasteiger partial charge in [-0.3, -0.25) is 9.59 Å². The molecule has 2 aromatic carbocycles. The molecular weight excluding hydrogens is 432 g/mol. The lowest BCUT2D eigenvalue weighted by Crippen LogP contribution is -2.43. The Morgan fingerprint density at radius 2 is 1.15 bits per heavy atom. The first-order valence-corrected chi connectivity index (χ1v) is 10.3.